The predicted octanol–water partition coefficient (Wildman–Crippen LogP) is 3.27. The lowest BCUT2D eigenvalue weighted by Gasteiger charge is -2.35. The number of amides is 3. The summed E-state index contributed by atoms with van der Waals surface area (Å²) in [5, 5.41) is 3.25. The molecule has 0 bridgehead atoms. The third kappa shape index (κ3) is 4.28. The first-order valence-electron chi connectivity index (χ1n) is 10.1. The van der Waals surface area contributed by atoms with Crippen molar-refractivity contribution >= 4 is 28.5 Å². The lowest BCUT2D eigenvalue weighted by atomic mass is 10.0. The maximum Gasteiger partial charge on any atom is 0.321 e. The van der Waals surface area contributed by atoms with Crippen LogP contribution in [0.3, 0.4) is 0 Å². The van der Waals surface area contributed by atoms with E-state index in [0.717, 1.165) is 11.3 Å². The molecule has 2 N–H and O–H groups in total. The Hall–Kier alpha value is -3.68. The number of aryl methyl sites for hydroxylation is 2. The summed E-state index contributed by atoms with van der Waals surface area (Å²) in [6.45, 7) is 5.04. The topological polar surface area (TPSA) is 85.5 Å². The number of hydrogen-bond acceptors (Lipinski definition) is 3. The Morgan fingerprint density at radius 3 is 2.39 bits per heavy atom. The number of carbonyl (C=O) groups excluding carboxylic acids is 2. The van der Waals surface area contributed by atoms with E-state index in [1.54, 1.807) is 22.8 Å². The van der Waals surface area contributed by atoms with Gasteiger partial charge in [-0.1, -0.05) is 12.1 Å². The molecule has 7 nitrogen and oxygen atoms in total. The quantitative estimate of drug-likeness (QED) is 0.665. The van der Waals surface area contributed by atoms with Crippen LogP contribution in [0.5, 0.6) is 0 Å². The molecular formula is C23H23FN4O3. The van der Waals surface area contributed by atoms with Gasteiger partial charge in [0.2, 0.25) is 5.56 Å². The van der Waals surface area contributed by atoms with E-state index in [0.29, 0.717) is 37.1 Å². The number of nitrogens with one attached hydrogen (secondary N) is 2. The molecule has 0 spiro atoms. The van der Waals surface area contributed by atoms with Crippen LogP contribution in [-0.4, -0.2) is 52.9 Å². The molecule has 4 rings (SSSR count). The van der Waals surface area contributed by atoms with E-state index in [2.05, 4.69) is 10.3 Å². The lowest BCUT2D eigenvalue weighted by molar-refractivity contribution is 0.0673. The number of benzene rings is 2. The van der Waals surface area contributed by atoms with Gasteiger partial charge < -0.3 is 20.1 Å². The third-order valence-electron chi connectivity index (χ3n) is 5.40. The van der Waals surface area contributed by atoms with Crippen LogP contribution in [-0.2, 0) is 0 Å². The van der Waals surface area contributed by atoms with Crippen molar-refractivity contribution in [3.8, 4) is 0 Å². The van der Waals surface area contributed by atoms with Crippen LogP contribution in [0.4, 0.5) is 14.9 Å². The zero-order valence-corrected chi connectivity index (χ0v) is 17.4. The van der Waals surface area contributed by atoms with E-state index < -0.39 is 11.4 Å². The molecule has 0 aliphatic carbocycles. The molecule has 1 fully saturated rings. The highest BCUT2D eigenvalue weighted by Crippen LogP contribution is 2.22. The number of anilines is 1. The molecule has 1 saturated heterocycles. The molecule has 3 aromatic rings. The molecule has 1 aromatic heterocycles. The van der Waals surface area contributed by atoms with Gasteiger partial charge in [-0.05, 0) is 49.2 Å². The number of nitrogens with zero attached hydrogens (tertiary/aromatic N) is 2. The van der Waals surface area contributed by atoms with Crippen molar-refractivity contribution in [2.45, 2.75) is 13.8 Å². The van der Waals surface area contributed by atoms with Crippen LogP contribution < -0.4 is 10.9 Å². The third-order valence-corrected chi connectivity index (χ3v) is 5.40. The molecule has 0 atom stereocenters. The average Bonchev–Trinajstić information content (AvgIpc) is 2.73. The Morgan fingerprint density at radius 1 is 0.968 bits per heavy atom. The smallest absolute Gasteiger partial charge is 0.321 e. The number of aromatic nitrogens is 1. The van der Waals surface area contributed by atoms with Crippen molar-refractivity contribution in [3.05, 3.63) is 75.3 Å². The van der Waals surface area contributed by atoms with E-state index in [1.807, 2.05) is 31.2 Å². The van der Waals surface area contributed by atoms with Gasteiger partial charge in [0, 0.05) is 43.3 Å². The molecular weight excluding hydrogens is 399 g/mol. The normalized spacial score (nSPS) is 14.0. The number of rotatable bonds is 2. The van der Waals surface area contributed by atoms with Crippen molar-refractivity contribution in [2.24, 2.45) is 0 Å². The molecule has 31 heavy (non-hydrogen) atoms. The van der Waals surface area contributed by atoms with Crippen LogP contribution in [0.1, 0.15) is 21.5 Å². The van der Waals surface area contributed by atoms with Crippen molar-refractivity contribution in [2.75, 3.05) is 31.5 Å². The summed E-state index contributed by atoms with van der Waals surface area (Å²) in [7, 11) is 0. The number of carbonyl (C=O) groups is 2. The maximum absolute atomic E-state index is 14.3. The van der Waals surface area contributed by atoms with Crippen molar-refractivity contribution in [1.29, 1.82) is 0 Å². The zero-order valence-electron chi connectivity index (χ0n) is 17.4. The second-order valence-corrected chi connectivity index (χ2v) is 7.80. The molecule has 1 aliphatic rings. The number of piperazine rings is 1. The fourth-order valence-electron chi connectivity index (χ4n) is 3.84. The fraction of sp³-hybridized carbons (Fsp3) is 0.261. The second-order valence-electron chi connectivity index (χ2n) is 7.80. The summed E-state index contributed by atoms with van der Waals surface area (Å²) < 4.78 is 14.3. The van der Waals surface area contributed by atoms with Crippen molar-refractivity contribution < 1.29 is 14.0 Å². The van der Waals surface area contributed by atoms with Crippen molar-refractivity contribution in [1.82, 2.24) is 14.8 Å². The Labute approximate surface area is 178 Å². The predicted molar refractivity (Wildman–Crippen MR) is 117 cm³/mol. The lowest BCUT2D eigenvalue weighted by Crippen LogP contribution is -2.51. The summed E-state index contributed by atoms with van der Waals surface area (Å²) in [6, 6.07) is 11.5. The molecule has 8 heteroatoms. The highest BCUT2D eigenvalue weighted by molar-refractivity contribution is 6.06. The molecule has 2 heterocycles. The largest absolute Gasteiger partial charge is 0.335 e. The summed E-state index contributed by atoms with van der Waals surface area (Å²) in [5.74, 6) is -0.917. The standard InChI is InChI=1S/C23H23FN4O3/c1-14-4-3-5-16(10-14)25-23(31)28-8-6-27(7-9-28)22(30)18-13-20(29)26-21-17(18)11-15(2)12-19(21)24/h3-5,10-13H,6-9H2,1-2H3,(H,25,31)(H,26,29). The highest BCUT2D eigenvalue weighted by Gasteiger charge is 2.26. The van der Waals surface area contributed by atoms with Gasteiger partial charge in [-0.25, -0.2) is 9.18 Å². The van der Waals surface area contributed by atoms with E-state index in [1.165, 1.54) is 12.1 Å². The Kier molecular flexibility index (Phi) is 5.46. The number of H-pyrrole nitrogens is 1. The number of urea groups is 1. The monoisotopic (exact) mass is 422 g/mol. The second kappa shape index (κ2) is 8.22. The van der Waals surface area contributed by atoms with Crippen LogP contribution in [0, 0.1) is 19.7 Å². The zero-order chi connectivity index (χ0) is 22.1. The first kappa shape index (κ1) is 20.6. The molecule has 0 radical (unpaired) electrons. The van der Waals surface area contributed by atoms with Crippen LogP contribution in [0.25, 0.3) is 10.9 Å². The highest BCUT2D eigenvalue weighted by atomic mass is 19.1. The number of fused-ring (bicyclic) bond motifs is 1. The molecule has 3 amide bonds. The van der Waals surface area contributed by atoms with Gasteiger partial charge in [0.1, 0.15) is 5.82 Å². The molecule has 0 saturated carbocycles. The van der Waals surface area contributed by atoms with Gasteiger partial charge in [0.05, 0.1) is 11.1 Å². The number of pyridine rings is 1. The SMILES string of the molecule is Cc1cccc(NC(=O)N2CCN(C(=O)c3cc(=O)[nH]c4c(F)cc(C)cc34)CC2)c1. The van der Waals surface area contributed by atoms with Gasteiger partial charge in [0.25, 0.3) is 5.91 Å². The summed E-state index contributed by atoms with van der Waals surface area (Å²) >= 11 is 0. The summed E-state index contributed by atoms with van der Waals surface area (Å²) in [6.07, 6.45) is 0. The van der Waals surface area contributed by atoms with E-state index in [-0.39, 0.29) is 23.0 Å². The average molecular weight is 422 g/mol. The van der Waals surface area contributed by atoms with Gasteiger partial charge >= 0.3 is 6.03 Å². The maximum atomic E-state index is 14.3. The van der Waals surface area contributed by atoms with Gasteiger partial charge in [-0.15, -0.1) is 0 Å². The first-order valence-corrected chi connectivity index (χ1v) is 10.1. The molecule has 160 valence electrons. The molecule has 1 aliphatic heterocycles. The Bertz CT molecular complexity index is 1230. The minimum Gasteiger partial charge on any atom is -0.335 e. The van der Waals surface area contributed by atoms with Crippen molar-refractivity contribution in [3.63, 3.8) is 0 Å². The fourth-order valence-corrected chi connectivity index (χ4v) is 3.84. The van der Waals surface area contributed by atoms with Gasteiger partial charge in [0.15, 0.2) is 0 Å². The number of hydrogen-bond donors (Lipinski definition) is 2. The van der Waals surface area contributed by atoms with Crippen LogP contribution in [0.2, 0.25) is 0 Å². The summed E-state index contributed by atoms with van der Waals surface area (Å²) in [4.78, 5) is 43.4. The Morgan fingerprint density at radius 2 is 1.68 bits per heavy atom. The number of halogens is 1. The van der Waals surface area contributed by atoms with Gasteiger partial charge in [-0.2, -0.15) is 0 Å². The van der Waals surface area contributed by atoms with Gasteiger partial charge in [-0.3, -0.25) is 9.59 Å². The van der Waals surface area contributed by atoms with E-state index in [4.69, 9.17) is 0 Å². The minimum atomic E-state index is -0.570. The summed E-state index contributed by atoms with van der Waals surface area (Å²) in [5.41, 5.74) is 2.08. The first-order chi connectivity index (χ1) is 14.8. The minimum absolute atomic E-state index is 0.0256. The van der Waals surface area contributed by atoms with Crippen LogP contribution in [0.15, 0.2) is 47.3 Å². The van der Waals surface area contributed by atoms with Crippen LogP contribution >= 0.6 is 0 Å². The van der Waals surface area contributed by atoms with E-state index >= 15 is 0 Å². The number of aromatic amines is 1. The molecule has 0 unspecified atom stereocenters. The molecule has 2 aromatic carbocycles. The Balaban J connectivity index is 1.49. The van der Waals surface area contributed by atoms with E-state index in [9.17, 15) is 18.8 Å².